The van der Waals surface area contributed by atoms with E-state index in [0.29, 0.717) is 11.5 Å². The lowest BCUT2D eigenvalue weighted by atomic mass is 9.84. The average molecular weight is 332 g/mol. The molecule has 0 saturated heterocycles. The minimum absolute atomic E-state index is 0.00682. The molecule has 0 aliphatic carbocycles. The van der Waals surface area contributed by atoms with Crippen LogP contribution in [0.3, 0.4) is 0 Å². The molecule has 1 atom stereocenters. The Morgan fingerprint density at radius 1 is 1.13 bits per heavy atom. The molecule has 124 valence electrons. The van der Waals surface area contributed by atoms with Gasteiger partial charge in [0.2, 0.25) is 0 Å². The van der Waals surface area contributed by atoms with E-state index >= 15 is 0 Å². The summed E-state index contributed by atoms with van der Waals surface area (Å²) in [6, 6.07) is 4.34. The Bertz CT molecular complexity index is 894. The van der Waals surface area contributed by atoms with Crippen LogP contribution in [0.4, 0.5) is 0 Å². The van der Waals surface area contributed by atoms with Gasteiger partial charge in [-0.2, -0.15) is 0 Å². The van der Waals surface area contributed by atoms with E-state index in [1.54, 1.807) is 9.13 Å². The molecule has 0 fully saturated rings. The van der Waals surface area contributed by atoms with E-state index in [9.17, 15) is 9.00 Å². The van der Waals surface area contributed by atoms with Crippen LogP contribution in [0.15, 0.2) is 23.0 Å². The molecule has 1 aromatic heterocycles. The number of benzene rings is 1. The van der Waals surface area contributed by atoms with Gasteiger partial charge in [0.05, 0.1) is 11.0 Å². The molecule has 1 unspecified atom stereocenters. The molecule has 0 bridgehead atoms. The summed E-state index contributed by atoms with van der Waals surface area (Å²) in [4.78, 5) is 12.4. The van der Waals surface area contributed by atoms with E-state index in [-0.39, 0.29) is 11.1 Å². The van der Waals surface area contributed by atoms with Gasteiger partial charge in [-0.25, -0.2) is 4.79 Å². The zero-order chi connectivity index (χ0) is 16.9. The van der Waals surface area contributed by atoms with Crippen molar-refractivity contribution in [2.24, 2.45) is 14.1 Å². The Morgan fingerprint density at radius 2 is 1.83 bits per heavy atom. The van der Waals surface area contributed by atoms with E-state index in [2.05, 4.69) is 39.0 Å². The molecule has 3 rings (SSSR count). The second kappa shape index (κ2) is 5.48. The van der Waals surface area contributed by atoms with Crippen molar-refractivity contribution in [3.05, 3.63) is 39.8 Å². The maximum atomic E-state index is 12.4. The van der Waals surface area contributed by atoms with Gasteiger partial charge in [-0.15, -0.1) is 0 Å². The van der Waals surface area contributed by atoms with Crippen molar-refractivity contribution in [3.63, 3.8) is 0 Å². The van der Waals surface area contributed by atoms with Crippen LogP contribution in [0.25, 0.3) is 16.6 Å². The average Bonchev–Trinajstić information content (AvgIpc) is 2.71. The van der Waals surface area contributed by atoms with E-state index in [1.165, 1.54) is 11.1 Å². The summed E-state index contributed by atoms with van der Waals surface area (Å²) in [6.07, 6.45) is 2.89. The molecule has 0 radical (unpaired) electrons. The predicted octanol–water partition coefficient (Wildman–Crippen LogP) is 2.71. The Hall–Kier alpha value is -1.62. The van der Waals surface area contributed by atoms with Gasteiger partial charge in [-0.1, -0.05) is 26.8 Å². The van der Waals surface area contributed by atoms with E-state index in [0.717, 1.165) is 23.0 Å². The molecule has 1 aromatic carbocycles. The van der Waals surface area contributed by atoms with Gasteiger partial charge in [0, 0.05) is 42.0 Å². The largest absolute Gasteiger partial charge is 0.328 e. The highest BCUT2D eigenvalue weighted by atomic mass is 32.2. The highest BCUT2D eigenvalue weighted by Crippen LogP contribution is 2.34. The fourth-order valence-corrected chi connectivity index (χ4v) is 4.18. The Kier molecular flexibility index (Phi) is 3.87. The van der Waals surface area contributed by atoms with Crippen molar-refractivity contribution in [1.82, 2.24) is 9.13 Å². The first-order valence-electron chi connectivity index (χ1n) is 7.94. The van der Waals surface area contributed by atoms with Crippen LogP contribution in [-0.2, 0) is 30.3 Å². The summed E-state index contributed by atoms with van der Waals surface area (Å²) in [7, 11) is 2.90. The molecule has 4 nitrogen and oxygen atoms in total. The summed E-state index contributed by atoms with van der Waals surface area (Å²) < 4.78 is 15.1. The highest BCUT2D eigenvalue weighted by Gasteiger charge is 2.22. The fourth-order valence-electron chi connectivity index (χ4n) is 3.18. The van der Waals surface area contributed by atoms with Crippen molar-refractivity contribution in [1.29, 1.82) is 0 Å². The standard InChI is InChI=1S/C18H24N2O2S/c1-18(2,3)13-10-14(12-6-8-23(22)9-7-12)16-15(11-13)19(4)17(21)20(16)5/h6,10-11H,7-9H2,1-5H3. The summed E-state index contributed by atoms with van der Waals surface area (Å²) in [5, 5.41) is 0. The zero-order valence-electron chi connectivity index (χ0n) is 14.5. The number of nitrogens with zero attached hydrogens (tertiary/aromatic N) is 2. The van der Waals surface area contributed by atoms with E-state index in [1.807, 2.05) is 14.1 Å². The Morgan fingerprint density at radius 3 is 2.39 bits per heavy atom. The molecule has 0 amide bonds. The molecule has 23 heavy (non-hydrogen) atoms. The quantitative estimate of drug-likeness (QED) is 0.806. The third kappa shape index (κ3) is 2.71. The van der Waals surface area contributed by atoms with Crippen molar-refractivity contribution < 1.29 is 4.21 Å². The van der Waals surface area contributed by atoms with Crippen LogP contribution in [0, 0.1) is 0 Å². The predicted molar refractivity (Wildman–Crippen MR) is 97.3 cm³/mol. The molecule has 0 spiro atoms. The maximum Gasteiger partial charge on any atom is 0.328 e. The van der Waals surface area contributed by atoms with Crippen LogP contribution in [0.5, 0.6) is 0 Å². The number of rotatable bonds is 1. The summed E-state index contributed by atoms with van der Waals surface area (Å²) in [6.45, 7) is 6.55. The first kappa shape index (κ1) is 16.2. The maximum absolute atomic E-state index is 12.4. The van der Waals surface area contributed by atoms with Crippen molar-refractivity contribution >= 4 is 27.4 Å². The van der Waals surface area contributed by atoms with Crippen LogP contribution in [-0.4, -0.2) is 24.8 Å². The number of aryl methyl sites for hydroxylation is 2. The lowest BCUT2D eigenvalue weighted by molar-refractivity contribution is 0.590. The van der Waals surface area contributed by atoms with Crippen LogP contribution in [0.2, 0.25) is 0 Å². The number of fused-ring (bicyclic) bond motifs is 1. The summed E-state index contributed by atoms with van der Waals surface area (Å²) in [5.74, 6) is 1.31. The van der Waals surface area contributed by atoms with E-state index < -0.39 is 10.8 Å². The lowest BCUT2D eigenvalue weighted by Crippen LogP contribution is -2.19. The third-order valence-electron chi connectivity index (χ3n) is 4.69. The second-order valence-corrected chi connectivity index (χ2v) is 8.95. The molecule has 2 aromatic rings. The molecule has 0 saturated carbocycles. The first-order valence-corrected chi connectivity index (χ1v) is 9.43. The fraction of sp³-hybridized carbons (Fsp3) is 0.500. The third-order valence-corrected chi connectivity index (χ3v) is 5.89. The van der Waals surface area contributed by atoms with Gasteiger partial charge in [-0.3, -0.25) is 13.3 Å². The molecule has 1 aliphatic rings. The van der Waals surface area contributed by atoms with Gasteiger partial charge in [0.1, 0.15) is 0 Å². The van der Waals surface area contributed by atoms with Gasteiger partial charge in [0.25, 0.3) is 0 Å². The number of hydrogen-bond donors (Lipinski definition) is 0. The smallest absolute Gasteiger partial charge is 0.295 e. The van der Waals surface area contributed by atoms with Crippen molar-refractivity contribution in [2.45, 2.75) is 32.6 Å². The normalized spacial score (nSPS) is 19.2. The second-order valence-electron chi connectivity index (χ2n) is 7.33. The van der Waals surface area contributed by atoms with Gasteiger partial charge >= 0.3 is 5.69 Å². The minimum Gasteiger partial charge on any atom is -0.295 e. The number of allylic oxidation sites excluding steroid dienone is 1. The zero-order valence-corrected chi connectivity index (χ0v) is 15.3. The van der Waals surface area contributed by atoms with Gasteiger partial charge in [-0.05, 0) is 35.1 Å². The molecule has 1 aliphatic heterocycles. The number of imidazole rings is 1. The SMILES string of the molecule is Cn1c(=O)n(C)c2c(C3=CCS(=O)CC3)cc(C(C)(C)C)cc21. The lowest BCUT2D eigenvalue weighted by Gasteiger charge is -2.22. The van der Waals surface area contributed by atoms with Crippen molar-refractivity contribution in [3.8, 4) is 0 Å². The van der Waals surface area contributed by atoms with Crippen LogP contribution in [0.1, 0.15) is 38.3 Å². The van der Waals surface area contributed by atoms with Crippen LogP contribution >= 0.6 is 0 Å². The minimum atomic E-state index is -0.745. The Labute approximate surface area is 139 Å². The molecule has 2 heterocycles. The number of hydrogen-bond acceptors (Lipinski definition) is 2. The molecular formula is C18H24N2O2S. The first-order chi connectivity index (χ1) is 10.7. The highest BCUT2D eigenvalue weighted by molar-refractivity contribution is 7.85. The van der Waals surface area contributed by atoms with Gasteiger partial charge in [0.15, 0.2) is 0 Å². The monoisotopic (exact) mass is 332 g/mol. The topological polar surface area (TPSA) is 44.0 Å². The van der Waals surface area contributed by atoms with Crippen molar-refractivity contribution in [2.75, 3.05) is 11.5 Å². The Balaban J connectivity index is 2.37. The summed E-state index contributed by atoms with van der Waals surface area (Å²) in [5.41, 5.74) is 5.48. The van der Waals surface area contributed by atoms with E-state index in [4.69, 9.17) is 0 Å². The molecule has 0 N–H and O–H groups in total. The van der Waals surface area contributed by atoms with Crippen LogP contribution < -0.4 is 5.69 Å². The molecule has 5 heteroatoms. The summed E-state index contributed by atoms with van der Waals surface area (Å²) >= 11 is 0. The number of aromatic nitrogens is 2. The molecular weight excluding hydrogens is 308 g/mol. The van der Waals surface area contributed by atoms with Gasteiger partial charge < -0.3 is 0 Å².